The minimum Gasteiger partial charge on any atom is -0.411 e. The molecule has 0 N–H and O–H groups in total. The summed E-state index contributed by atoms with van der Waals surface area (Å²) in [5.74, 6) is 0.516. The van der Waals surface area contributed by atoms with Crippen molar-refractivity contribution in [2.24, 2.45) is 0 Å². The first-order valence-electron chi connectivity index (χ1n) is 8.20. The lowest BCUT2D eigenvalue weighted by atomic mass is 10.1. The lowest BCUT2D eigenvalue weighted by Crippen LogP contribution is -2.39. The fourth-order valence-corrected chi connectivity index (χ4v) is 4.64. The molecule has 0 radical (unpaired) electrons. The minimum atomic E-state index is -0.284. The van der Waals surface area contributed by atoms with Crippen molar-refractivity contribution in [2.45, 2.75) is 30.4 Å². The van der Waals surface area contributed by atoms with E-state index < -0.39 is 0 Å². The number of thiophene rings is 1. The van der Waals surface area contributed by atoms with E-state index in [4.69, 9.17) is 16.0 Å². The molecule has 5 nitrogen and oxygen atoms in total. The number of aromatic nitrogens is 2. The van der Waals surface area contributed by atoms with E-state index in [0.29, 0.717) is 22.7 Å². The molecule has 1 atom stereocenters. The Bertz CT molecular complexity index is 923. The first-order chi connectivity index (χ1) is 12.6. The largest absolute Gasteiger partial charge is 0.411 e. The molecule has 1 aliphatic heterocycles. The van der Waals surface area contributed by atoms with Gasteiger partial charge in [0.25, 0.3) is 5.22 Å². The van der Waals surface area contributed by atoms with E-state index in [2.05, 4.69) is 21.6 Å². The van der Waals surface area contributed by atoms with Gasteiger partial charge in [0.1, 0.15) is 0 Å². The van der Waals surface area contributed by atoms with Gasteiger partial charge in [0.2, 0.25) is 11.8 Å². The number of carbonyl (C=O) groups excluding carboxylic acids is 1. The first-order valence-corrected chi connectivity index (χ1v) is 10.3. The van der Waals surface area contributed by atoms with Crippen LogP contribution in [0.5, 0.6) is 0 Å². The van der Waals surface area contributed by atoms with Crippen LogP contribution < -0.4 is 0 Å². The third-order valence-electron chi connectivity index (χ3n) is 4.24. The quantitative estimate of drug-likeness (QED) is 0.597. The second-order valence-electron chi connectivity index (χ2n) is 6.02. The fraction of sp³-hybridized carbons (Fsp3) is 0.278. The Morgan fingerprint density at radius 2 is 2.12 bits per heavy atom. The molecular weight excluding hydrogens is 390 g/mol. The zero-order valence-corrected chi connectivity index (χ0v) is 16.4. The summed E-state index contributed by atoms with van der Waals surface area (Å²) in [7, 11) is 0. The monoisotopic (exact) mass is 405 g/mol. The van der Waals surface area contributed by atoms with Crippen LogP contribution in [0.2, 0.25) is 5.02 Å². The minimum absolute atomic E-state index is 0.0955. The van der Waals surface area contributed by atoms with E-state index in [1.54, 1.807) is 23.5 Å². The zero-order valence-electron chi connectivity index (χ0n) is 14.0. The van der Waals surface area contributed by atoms with Crippen LogP contribution in [0.25, 0.3) is 11.5 Å². The van der Waals surface area contributed by atoms with E-state index >= 15 is 0 Å². The predicted octanol–water partition coefficient (Wildman–Crippen LogP) is 4.52. The summed E-state index contributed by atoms with van der Waals surface area (Å²) in [6.45, 7) is 3.32. The number of hydrogen-bond acceptors (Lipinski definition) is 6. The van der Waals surface area contributed by atoms with Crippen molar-refractivity contribution in [1.29, 1.82) is 0 Å². The van der Waals surface area contributed by atoms with Crippen LogP contribution in [-0.4, -0.2) is 32.8 Å². The highest BCUT2D eigenvalue weighted by atomic mass is 35.5. The first kappa shape index (κ1) is 17.6. The number of fused-ring (bicyclic) bond motifs is 1. The third kappa shape index (κ3) is 3.65. The van der Waals surface area contributed by atoms with E-state index in [1.165, 1.54) is 22.2 Å². The third-order valence-corrected chi connectivity index (χ3v) is 6.44. The highest BCUT2D eigenvalue weighted by molar-refractivity contribution is 8.00. The molecular formula is C18H16ClN3O2S2. The lowest BCUT2D eigenvalue weighted by Gasteiger charge is -2.28. The molecule has 1 aliphatic rings. The maximum Gasteiger partial charge on any atom is 0.277 e. The standard InChI is InChI=1S/C18H16ClN3O2S2/c1-11(17(23)22-8-6-15-13(10-22)7-9-25-15)26-18-21-20-16(24-18)12-2-4-14(19)5-3-12/h2-5,7,9,11H,6,8,10H2,1H3. The van der Waals surface area contributed by atoms with Crippen molar-refractivity contribution in [3.05, 3.63) is 51.2 Å². The van der Waals surface area contributed by atoms with Crippen molar-refractivity contribution in [3.8, 4) is 11.5 Å². The summed E-state index contributed by atoms with van der Waals surface area (Å²) < 4.78 is 5.69. The molecule has 0 bridgehead atoms. The maximum atomic E-state index is 12.8. The van der Waals surface area contributed by atoms with Crippen LogP contribution >= 0.6 is 34.7 Å². The van der Waals surface area contributed by atoms with Crippen molar-refractivity contribution >= 4 is 40.6 Å². The molecule has 8 heteroatoms. The van der Waals surface area contributed by atoms with Gasteiger partial charge in [0.05, 0.1) is 5.25 Å². The second-order valence-corrected chi connectivity index (χ2v) is 8.75. The maximum absolute atomic E-state index is 12.8. The summed E-state index contributed by atoms with van der Waals surface area (Å²) in [6.07, 6.45) is 0.928. The van der Waals surface area contributed by atoms with Gasteiger partial charge in [-0.3, -0.25) is 4.79 Å². The van der Waals surface area contributed by atoms with Crippen LogP contribution in [0, 0.1) is 0 Å². The Hall–Kier alpha value is -1.83. The highest BCUT2D eigenvalue weighted by Gasteiger charge is 2.27. The molecule has 1 aromatic carbocycles. The van der Waals surface area contributed by atoms with E-state index in [0.717, 1.165) is 18.5 Å². The van der Waals surface area contributed by atoms with Gasteiger partial charge < -0.3 is 9.32 Å². The molecule has 0 aliphatic carbocycles. The molecule has 1 unspecified atom stereocenters. The molecule has 134 valence electrons. The lowest BCUT2D eigenvalue weighted by molar-refractivity contribution is -0.131. The molecule has 3 heterocycles. The van der Waals surface area contributed by atoms with Crippen molar-refractivity contribution in [1.82, 2.24) is 15.1 Å². The van der Waals surface area contributed by atoms with Crippen molar-refractivity contribution in [3.63, 3.8) is 0 Å². The average Bonchev–Trinajstić information content (AvgIpc) is 3.30. The molecule has 2 aromatic heterocycles. The fourth-order valence-electron chi connectivity index (χ4n) is 2.86. The van der Waals surface area contributed by atoms with Crippen LogP contribution in [0.1, 0.15) is 17.4 Å². The Morgan fingerprint density at radius 1 is 1.31 bits per heavy atom. The Labute approximate surface area is 164 Å². The molecule has 0 fully saturated rings. The van der Waals surface area contributed by atoms with Crippen molar-refractivity contribution in [2.75, 3.05) is 6.54 Å². The molecule has 0 saturated carbocycles. The van der Waals surface area contributed by atoms with Gasteiger partial charge in [0, 0.05) is 28.6 Å². The Morgan fingerprint density at radius 3 is 2.92 bits per heavy atom. The average molecular weight is 406 g/mol. The van der Waals surface area contributed by atoms with Gasteiger partial charge in [-0.2, -0.15) is 0 Å². The molecule has 26 heavy (non-hydrogen) atoms. The van der Waals surface area contributed by atoms with Crippen LogP contribution in [-0.2, 0) is 17.8 Å². The zero-order chi connectivity index (χ0) is 18.1. The molecule has 1 amide bonds. The van der Waals surface area contributed by atoms with Gasteiger partial charge in [-0.05, 0) is 54.6 Å². The summed E-state index contributed by atoms with van der Waals surface area (Å²) in [6, 6.07) is 9.30. The number of thioether (sulfide) groups is 1. The summed E-state index contributed by atoms with van der Waals surface area (Å²) in [4.78, 5) is 16.0. The summed E-state index contributed by atoms with van der Waals surface area (Å²) >= 11 is 8.95. The van der Waals surface area contributed by atoms with Crippen LogP contribution in [0.4, 0.5) is 0 Å². The SMILES string of the molecule is CC(Sc1nnc(-c2ccc(Cl)cc2)o1)C(=O)N1CCc2sccc2C1. The predicted molar refractivity (Wildman–Crippen MR) is 104 cm³/mol. The summed E-state index contributed by atoms with van der Waals surface area (Å²) in [5.41, 5.74) is 2.06. The van der Waals surface area contributed by atoms with Crippen LogP contribution in [0.15, 0.2) is 45.4 Å². The molecule has 0 saturated heterocycles. The number of amides is 1. The number of rotatable bonds is 4. The van der Waals surface area contributed by atoms with E-state index in [-0.39, 0.29) is 11.2 Å². The van der Waals surface area contributed by atoms with Gasteiger partial charge in [-0.1, -0.05) is 23.4 Å². The number of hydrogen-bond donors (Lipinski definition) is 0. The van der Waals surface area contributed by atoms with Gasteiger partial charge in [0.15, 0.2) is 0 Å². The topological polar surface area (TPSA) is 59.2 Å². The Kier molecular flexibility index (Phi) is 5.02. The smallest absolute Gasteiger partial charge is 0.277 e. The van der Waals surface area contributed by atoms with E-state index in [9.17, 15) is 4.79 Å². The number of halogens is 1. The van der Waals surface area contributed by atoms with Gasteiger partial charge >= 0.3 is 0 Å². The van der Waals surface area contributed by atoms with Crippen LogP contribution in [0.3, 0.4) is 0 Å². The summed E-state index contributed by atoms with van der Waals surface area (Å²) in [5, 5.41) is 11.0. The number of nitrogens with zero attached hydrogens (tertiary/aromatic N) is 3. The van der Waals surface area contributed by atoms with Gasteiger partial charge in [-0.25, -0.2) is 0 Å². The number of carbonyl (C=O) groups is 1. The molecule has 4 rings (SSSR count). The number of benzene rings is 1. The van der Waals surface area contributed by atoms with Gasteiger partial charge in [-0.15, -0.1) is 21.5 Å². The Balaban J connectivity index is 1.41. The van der Waals surface area contributed by atoms with E-state index in [1.807, 2.05) is 24.0 Å². The molecule has 3 aromatic rings. The highest BCUT2D eigenvalue weighted by Crippen LogP contribution is 2.29. The normalized spacial score (nSPS) is 14.9. The molecule has 0 spiro atoms. The van der Waals surface area contributed by atoms with Crippen molar-refractivity contribution < 1.29 is 9.21 Å². The second kappa shape index (κ2) is 7.42.